The van der Waals surface area contributed by atoms with Crippen LogP contribution in [-0.2, 0) is 11.2 Å². The molecule has 2 rings (SSSR count). The molecule has 1 amide bonds. The standard InChI is InChI=1S/C12H20N4O/c1-16(5-4-9-7-14-15-8-9)12(17)10-2-3-11(13)6-10/h7-8,10-11H,2-6,13H2,1H3,(H,14,15)/t10-,11+/m0/s1. The third-order valence-electron chi connectivity index (χ3n) is 3.49. The second kappa shape index (κ2) is 5.31. The number of likely N-dealkylation sites (N-methyl/N-ethyl adjacent to an activating group) is 1. The fourth-order valence-corrected chi connectivity index (χ4v) is 2.37. The van der Waals surface area contributed by atoms with Gasteiger partial charge in [-0.15, -0.1) is 0 Å². The Morgan fingerprint density at radius 2 is 2.47 bits per heavy atom. The molecule has 0 bridgehead atoms. The number of hydrogen-bond acceptors (Lipinski definition) is 3. The summed E-state index contributed by atoms with van der Waals surface area (Å²) < 4.78 is 0. The summed E-state index contributed by atoms with van der Waals surface area (Å²) in [6.07, 6.45) is 7.27. The van der Waals surface area contributed by atoms with Crippen molar-refractivity contribution in [3.05, 3.63) is 18.0 Å². The molecular formula is C12H20N4O. The quantitative estimate of drug-likeness (QED) is 0.801. The minimum Gasteiger partial charge on any atom is -0.345 e. The van der Waals surface area contributed by atoms with Crippen LogP contribution in [0.1, 0.15) is 24.8 Å². The van der Waals surface area contributed by atoms with E-state index in [-0.39, 0.29) is 17.9 Å². The zero-order chi connectivity index (χ0) is 12.3. The molecule has 1 aliphatic carbocycles. The third kappa shape index (κ3) is 3.06. The van der Waals surface area contributed by atoms with Gasteiger partial charge in [-0.3, -0.25) is 9.89 Å². The lowest BCUT2D eigenvalue weighted by Gasteiger charge is -2.20. The Balaban J connectivity index is 1.79. The van der Waals surface area contributed by atoms with Crippen LogP contribution in [0.4, 0.5) is 0 Å². The van der Waals surface area contributed by atoms with Crippen molar-refractivity contribution in [2.24, 2.45) is 11.7 Å². The number of nitrogens with two attached hydrogens (primary N) is 1. The molecule has 2 atom stereocenters. The van der Waals surface area contributed by atoms with E-state index < -0.39 is 0 Å². The lowest BCUT2D eigenvalue weighted by molar-refractivity contribution is -0.134. The van der Waals surface area contributed by atoms with Gasteiger partial charge in [-0.05, 0) is 31.2 Å². The lowest BCUT2D eigenvalue weighted by atomic mass is 10.1. The van der Waals surface area contributed by atoms with Crippen LogP contribution in [0.5, 0.6) is 0 Å². The van der Waals surface area contributed by atoms with Crippen LogP contribution in [0.15, 0.2) is 12.4 Å². The van der Waals surface area contributed by atoms with Gasteiger partial charge in [0.05, 0.1) is 6.20 Å². The van der Waals surface area contributed by atoms with E-state index in [1.54, 1.807) is 6.20 Å². The molecule has 0 saturated heterocycles. The molecular weight excluding hydrogens is 216 g/mol. The smallest absolute Gasteiger partial charge is 0.225 e. The molecule has 0 aromatic carbocycles. The fraction of sp³-hybridized carbons (Fsp3) is 0.667. The summed E-state index contributed by atoms with van der Waals surface area (Å²) in [6.45, 7) is 0.740. The van der Waals surface area contributed by atoms with E-state index in [4.69, 9.17) is 5.73 Å². The molecule has 0 aliphatic heterocycles. The largest absolute Gasteiger partial charge is 0.345 e. The maximum atomic E-state index is 12.1. The normalized spacial score (nSPS) is 23.9. The fourth-order valence-electron chi connectivity index (χ4n) is 2.37. The number of aromatic amines is 1. The Morgan fingerprint density at radius 1 is 1.65 bits per heavy atom. The molecule has 0 radical (unpaired) electrons. The highest BCUT2D eigenvalue weighted by atomic mass is 16.2. The molecule has 94 valence electrons. The molecule has 1 aromatic heterocycles. The Morgan fingerprint density at radius 3 is 3.06 bits per heavy atom. The van der Waals surface area contributed by atoms with E-state index >= 15 is 0 Å². The van der Waals surface area contributed by atoms with E-state index in [0.29, 0.717) is 0 Å². The predicted molar refractivity (Wildman–Crippen MR) is 65.2 cm³/mol. The molecule has 1 saturated carbocycles. The SMILES string of the molecule is CN(CCc1cn[nH]c1)C(=O)[C@H]1CC[C@@H](N)C1. The summed E-state index contributed by atoms with van der Waals surface area (Å²) in [5, 5.41) is 6.66. The number of amides is 1. The zero-order valence-corrected chi connectivity index (χ0v) is 10.2. The summed E-state index contributed by atoms with van der Waals surface area (Å²) in [7, 11) is 1.87. The van der Waals surface area contributed by atoms with Gasteiger partial charge in [0.1, 0.15) is 0 Å². The number of hydrogen-bond donors (Lipinski definition) is 2. The Bertz CT molecular complexity index is 363. The molecule has 0 spiro atoms. The highest BCUT2D eigenvalue weighted by molar-refractivity contribution is 5.78. The summed E-state index contributed by atoms with van der Waals surface area (Å²) in [5.74, 6) is 0.376. The van der Waals surface area contributed by atoms with Gasteiger partial charge < -0.3 is 10.6 Å². The first kappa shape index (κ1) is 12.1. The third-order valence-corrected chi connectivity index (χ3v) is 3.49. The van der Waals surface area contributed by atoms with E-state index in [0.717, 1.165) is 37.8 Å². The highest BCUT2D eigenvalue weighted by Crippen LogP contribution is 2.25. The summed E-state index contributed by atoms with van der Waals surface area (Å²) in [5.41, 5.74) is 6.96. The van der Waals surface area contributed by atoms with Gasteiger partial charge in [0, 0.05) is 31.7 Å². The average Bonchev–Trinajstić information content (AvgIpc) is 2.95. The first-order chi connectivity index (χ1) is 8.16. The molecule has 17 heavy (non-hydrogen) atoms. The maximum Gasteiger partial charge on any atom is 0.225 e. The highest BCUT2D eigenvalue weighted by Gasteiger charge is 2.29. The van der Waals surface area contributed by atoms with Gasteiger partial charge >= 0.3 is 0 Å². The summed E-state index contributed by atoms with van der Waals surface area (Å²) in [6, 6.07) is 0.214. The van der Waals surface area contributed by atoms with Gasteiger partial charge in [0.2, 0.25) is 5.91 Å². The molecule has 5 nitrogen and oxygen atoms in total. The molecule has 3 N–H and O–H groups in total. The first-order valence-electron chi connectivity index (χ1n) is 6.15. The van der Waals surface area contributed by atoms with Crippen molar-refractivity contribution < 1.29 is 4.79 Å². The predicted octanol–water partition coefficient (Wildman–Crippen LogP) is 0.538. The van der Waals surface area contributed by atoms with Crippen molar-refractivity contribution in [2.75, 3.05) is 13.6 Å². The minimum absolute atomic E-state index is 0.138. The second-order valence-corrected chi connectivity index (χ2v) is 4.89. The number of carbonyl (C=O) groups excluding carboxylic acids is 1. The van der Waals surface area contributed by atoms with Crippen LogP contribution < -0.4 is 5.73 Å². The minimum atomic E-state index is 0.138. The van der Waals surface area contributed by atoms with Crippen molar-refractivity contribution in [3.8, 4) is 0 Å². The zero-order valence-electron chi connectivity index (χ0n) is 10.2. The average molecular weight is 236 g/mol. The van der Waals surface area contributed by atoms with Gasteiger partial charge in [0.25, 0.3) is 0 Å². The van der Waals surface area contributed by atoms with Crippen molar-refractivity contribution in [1.29, 1.82) is 0 Å². The van der Waals surface area contributed by atoms with E-state index in [2.05, 4.69) is 10.2 Å². The number of aromatic nitrogens is 2. The van der Waals surface area contributed by atoms with Crippen molar-refractivity contribution in [1.82, 2.24) is 15.1 Å². The van der Waals surface area contributed by atoms with Crippen LogP contribution in [-0.4, -0.2) is 40.6 Å². The van der Waals surface area contributed by atoms with Crippen LogP contribution in [0, 0.1) is 5.92 Å². The number of nitrogens with one attached hydrogen (secondary N) is 1. The Hall–Kier alpha value is -1.36. The Labute approximate surface area is 101 Å². The molecule has 1 fully saturated rings. The Kier molecular flexibility index (Phi) is 3.78. The topological polar surface area (TPSA) is 75.0 Å². The summed E-state index contributed by atoms with van der Waals surface area (Å²) >= 11 is 0. The van der Waals surface area contributed by atoms with Crippen LogP contribution in [0.25, 0.3) is 0 Å². The van der Waals surface area contributed by atoms with Crippen LogP contribution in [0.2, 0.25) is 0 Å². The van der Waals surface area contributed by atoms with E-state index in [1.165, 1.54) is 0 Å². The number of rotatable bonds is 4. The van der Waals surface area contributed by atoms with Gasteiger partial charge in [-0.25, -0.2) is 0 Å². The van der Waals surface area contributed by atoms with Crippen molar-refractivity contribution in [3.63, 3.8) is 0 Å². The van der Waals surface area contributed by atoms with Crippen molar-refractivity contribution >= 4 is 5.91 Å². The molecule has 1 aromatic rings. The van der Waals surface area contributed by atoms with E-state index in [9.17, 15) is 4.79 Å². The molecule has 1 aliphatic rings. The lowest BCUT2D eigenvalue weighted by Crippen LogP contribution is -2.34. The van der Waals surface area contributed by atoms with Crippen LogP contribution >= 0.6 is 0 Å². The summed E-state index contributed by atoms with van der Waals surface area (Å²) in [4.78, 5) is 13.9. The van der Waals surface area contributed by atoms with Crippen LogP contribution in [0.3, 0.4) is 0 Å². The van der Waals surface area contributed by atoms with Gasteiger partial charge in [-0.2, -0.15) is 5.10 Å². The first-order valence-corrected chi connectivity index (χ1v) is 6.15. The maximum absolute atomic E-state index is 12.1. The second-order valence-electron chi connectivity index (χ2n) is 4.89. The number of nitrogens with zero attached hydrogens (tertiary/aromatic N) is 2. The van der Waals surface area contributed by atoms with Gasteiger partial charge in [-0.1, -0.05) is 0 Å². The number of H-pyrrole nitrogens is 1. The molecule has 1 heterocycles. The number of carbonyl (C=O) groups is 1. The van der Waals surface area contributed by atoms with E-state index in [1.807, 2.05) is 18.1 Å². The van der Waals surface area contributed by atoms with Crippen molar-refractivity contribution in [2.45, 2.75) is 31.7 Å². The monoisotopic (exact) mass is 236 g/mol. The van der Waals surface area contributed by atoms with Gasteiger partial charge in [0.15, 0.2) is 0 Å². The molecule has 0 unspecified atom stereocenters. The molecule has 5 heteroatoms.